The first kappa shape index (κ1) is 17.2. The van der Waals surface area contributed by atoms with Crippen molar-refractivity contribution in [2.45, 2.75) is 26.4 Å². The van der Waals surface area contributed by atoms with Gasteiger partial charge in [0.1, 0.15) is 18.1 Å². The molecule has 1 aliphatic heterocycles. The van der Waals surface area contributed by atoms with Crippen LogP contribution in [0.4, 0.5) is 5.82 Å². The van der Waals surface area contributed by atoms with Gasteiger partial charge in [-0.3, -0.25) is 4.90 Å². The molecule has 0 aromatic carbocycles. The van der Waals surface area contributed by atoms with E-state index < -0.39 is 0 Å². The average Bonchev–Trinajstić information content (AvgIpc) is 3.06. The molecule has 0 saturated carbocycles. The lowest BCUT2D eigenvalue weighted by Crippen LogP contribution is -2.47. The van der Waals surface area contributed by atoms with E-state index in [4.69, 9.17) is 14.5 Å². The molecular formula is C17H22N6O2. The molecular weight excluding hydrogens is 320 g/mol. The lowest BCUT2D eigenvalue weighted by atomic mass is 10.2. The number of nitriles is 1. The van der Waals surface area contributed by atoms with Crippen molar-refractivity contribution in [1.82, 2.24) is 20.0 Å². The molecule has 25 heavy (non-hydrogen) atoms. The number of aromatic nitrogens is 3. The van der Waals surface area contributed by atoms with Gasteiger partial charge in [-0.05, 0) is 19.9 Å². The van der Waals surface area contributed by atoms with Crippen LogP contribution in [-0.2, 0) is 6.61 Å². The number of anilines is 1. The highest BCUT2D eigenvalue weighted by Gasteiger charge is 2.21. The molecule has 3 rings (SSSR count). The normalized spacial score (nSPS) is 15.1. The van der Waals surface area contributed by atoms with Crippen LogP contribution in [-0.4, -0.2) is 52.7 Å². The predicted molar refractivity (Wildman–Crippen MR) is 91.1 cm³/mol. The SMILES string of the molecule is Cc1cc(COc2nccnc2N2CCN(CCCC#N)CC2)no1. The third-order valence-electron chi connectivity index (χ3n) is 4.11. The molecule has 0 spiro atoms. The van der Waals surface area contributed by atoms with Crippen LogP contribution in [0, 0.1) is 18.3 Å². The minimum absolute atomic E-state index is 0.303. The molecule has 0 atom stereocenters. The largest absolute Gasteiger partial charge is 0.468 e. The Morgan fingerprint density at radius 2 is 2.04 bits per heavy atom. The van der Waals surface area contributed by atoms with E-state index >= 15 is 0 Å². The molecule has 2 aromatic rings. The summed E-state index contributed by atoms with van der Waals surface area (Å²) in [5.74, 6) is 2.03. The molecule has 8 heteroatoms. The quantitative estimate of drug-likeness (QED) is 0.703. The van der Waals surface area contributed by atoms with Gasteiger partial charge in [-0.1, -0.05) is 5.16 Å². The summed E-state index contributed by atoms with van der Waals surface area (Å²) in [4.78, 5) is 13.3. The molecule has 0 amide bonds. The van der Waals surface area contributed by atoms with E-state index in [0.717, 1.165) is 56.4 Å². The van der Waals surface area contributed by atoms with Crippen molar-refractivity contribution in [1.29, 1.82) is 5.26 Å². The van der Waals surface area contributed by atoms with Crippen molar-refractivity contribution in [2.75, 3.05) is 37.6 Å². The van der Waals surface area contributed by atoms with E-state index in [1.807, 2.05) is 13.0 Å². The summed E-state index contributed by atoms with van der Waals surface area (Å²) in [7, 11) is 0. The van der Waals surface area contributed by atoms with Gasteiger partial charge in [-0.2, -0.15) is 5.26 Å². The van der Waals surface area contributed by atoms with Gasteiger partial charge in [0.25, 0.3) is 5.88 Å². The van der Waals surface area contributed by atoms with Crippen molar-refractivity contribution in [3.05, 3.63) is 29.9 Å². The number of hydrogen-bond donors (Lipinski definition) is 0. The zero-order valence-corrected chi connectivity index (χ0v) is 14.4. The standard InChI is InChI=1S/C17H22N6O2/c1-14-12-15(21-25-14)13-24-17-16(19-5-6-20-17)23-10-8-22(9-11-23)7-3-2-4-18/h5-6,12H,2-3,7-11,13H2,1H3. The topological polar surface area (TPSA) is 91.3 Å². The van der Waals surface area contributed by atoms with Crippen LogP contribution in [0.15, 0.2) is 23.0 Å². The van der Waals surface area contributed by atoms with Crippen LogP contribution in [0.2, 0.25) is 0 Å². The summed E-state index contributed by atoms with van der Waals surface area (Å²) in [6, 6.07) is 4.04. The summed E-state index contributed by atoms with van der Waals surface area (Å²) in [5.41, 5.74) is 0.733. The molecule has 3 heterocycles. The van der Waals surface area contributed by atoms with Crippen LogP contribution >= 0.6 is 0 Å². The number of nitrogens with zero attached hydrogens (tertiary/aromatic N) is 6. The number of ether oxygens (including phenoxy) is 1. The lowest BCUT2D eigenvalue weighted by Gasteiger charge is -2.35. The Labute approximate surface area is 147 Å². The number of aryl methyl sites for hydroxylation is 1. The Hall–Kier alpha value is -2.66. The van der Waals surface area contributed by atoms with Gasteiger partial charge in [-0.15, -0.1) is 0 Å². The number of hydrogen-bond acceptors (Lipinski definition) is 8. The minimum Gasteiger partial charge on any atom is -0.468 e. The maximum atomic E-state index is 8.64. The second-order valence-corrected chi connectivity index (χ2v) is 5.99. The molecule has 0 aliphatic carbocycles. The summed E-state index contributed by atoms with van der Waals surface area (Å²) in [5, 5.41) is 12.6. The van der Waals surface area contributed by atoms with Crippen LogP contribution < -0.4 is 9.64 Å². The van der Waals surface area contributed by atoms with E-state index in [1.165, 1.54) is 0 Å². The Balaban J connectivity index is 1.57. The predicted octanol–water partition coefficient (Wildman–Crippen LogP) is 1.78. The monoisotopic (exact) mass is 342 g/mol. The molecule has 1 saturated heterocycles. The van der Waals surface area contributed by atoms with Crippen LogP contribution in [0.3, 0.4) is 0 Å². The van der Waals surface area contributed by atoms with Gasteiger partial charge in [0.15, 0.2) is 5.82 Å². The first-order chi connectivity index (χ1) is 12.3. The van der Waals surface area contributed by atoms with Gasteiger partial charge < -0.3 is 14.2 Å². The van der Waals surface area contributed by atoms with E-state index in [0.29, 0.717) is 18.9 Å². The first-order valence-corrected chi connectivity index (χ1v) is 8.46. The van der Waals surface area contributed by atoms with Gasteiger partial charge in [0.05, 0.1) is 6.07 Å². The summed E-state index contributed by atoms with van der Waals surface area (Å²) < 4.78 is 10.9. The first-order valence-electron chi connectivity index (χ1n) is 8.46. The minimum atomic E-state index is 0.303. The van der Waals surface area contributed by atoms with Gasteiger partial charge in [0, 0.05) is 51.1 Å². The molecule has 0 N–H and O–H groups in total. The molecule has 1 fully saturated rings. The maximum absolute atomic E-state index is 8.64. The van der Waals surface area contributed by atoms with Crippen molar-refractivity contribution >= 4 is 5.82 Å². The van der Waals surface area contributed by atoms with Crippen molar-refractivity contribution in [3.8, 4) is 11.9 Å². The number of unbranched alkanes of at least 4 members (excludes halogenated alkanes) is 1. The molecule has 8 nitrogen and oxygen atoms in total. The van der Waals surface area contributed by atoms with Gasteiger partial charge in [0.2, 0.25) is 0 Å². The van der Waals surface area contributed by atoms with E-state index in [9.17, 15) is 0 Å². The average molecular weight is 342 g/mol. The van der Waals surface area contributed by atoms with Crippen LogP contribution in [0.1, 0.15) is 24.3 Å². The van der Waals surface area contributed by atoms with E-state index in [2.05, 4.69) is 31.0 Å². The summed E-state index contributed by atoms with van der Waals surface area (Å²) in [6.07, 6.45) is 4.85. The molecule has 0 bridgehead atoms. The highest BCUT2D eigenvalue weighted by molar-refractivity contribution is 5.48. The third-order valence-corrected chi connectivity index (χ3v) is 4.11. The Morgan fingerprint density at radius 3 is 2.76 bits per heavy atom. The highest BCUT2D eigenvalue weighted by atomic mass is 16.5. The Morgan fingerprint density at radius 1 is 1.24 bits per heavy atom. The van der Waals surface area contributed by atoms with Crippen molar-refractivity contribution < 1.29 is 9.26 Å². The Bertz CT molecular complexity index is 718. The summed E-state index contributed by atoms with van der Waals surface area (Å²) in [6.45, 7) is 6.75. The smallest absolute Gasteiger partial charge is 0.258 e. The summed E-state index contributed by atoms with van der Waals surface area (Å²) >= 11 is 0. The maximum Gasteiger partial charge on any atom is 0.258 e. The molecule has 0 unspecified atom stereocenters. The second-order valence-electron chi connectivity index (χ2n) is 5.99. The van der Waals surface area contributed by atoms with E-state index in [-0.39, 0.29) is 0 Å². The molecule has 132 valence electrons. The molecule has 0 radical (unpaired) electrons. The van der Waals surface area contributed by atoms with Crippen LogP contribution in [0.5, 0.6) is 5.88 Å². The zero-order chi connectivity index (χ0) is 17.5. The number of piperazine rings is 1. The Kier molecular flexibility index (Phi) is 5.80. The number of rotatable bonds is 7. The molecule has 1 aliphatic rings. The fraction of sp³-hybridized carbons (Fsp3) is 0.529. The second kappa shape index (κ2) is 8.44. The molecule has 2 aromatic heterocycles. The van der Waals surface area contributed by atoms with Crippen molar-refractivity contribution in [3.63, 3.8) is 0 Å². The van der Waals surface area contributed by atoms with Crippen LogP contribution in [0.25, 0.3) is 0 Å². The van der Waals surface area contributed by atoms with Crippen molar-refractivity contribution in [2.24, 2.45) is 0 Å². The zero-order valence-electron chi connectivity index (χ0n) is 14.4. The highest BCUT2D eigenvalue weighted by Crippen LogP contribution is 2.24. The van der Waals surface area contributed by atoms with Gasteiger partial charge in [-0.25, -0.2) is 9.97 Å². The van der Waals surface area contributed by atoms with Gasteiger partial charge >= 0.3 is 0 Å². The fourth-order valence-corrected chi connectivity index (χ4v) is 2.83. The fourth-order valence-electron chi connectivity index (χ4n) is 2.83. The van der Waals surface area contributed by atoms with E-state index in [1.54, 1.807) is 12.4 Å². The lowest BCUT2D eigenvalue weighted by molar-refractivity contribution is 0.250. The third kappa shape index (κ3) is 4.67.